The Labute approximate surface area is 170 Å². The predicted molar refractivity (Wildman–Crippen MR) is 111 cm³/mol. The molecule has 0 radical (unpaired) electrons. The first kappa shape index (κ1) is 18.3. The second-order valence-electron chi connectivity index (χ2n) is 8.32. The van der Waals surface area contributed by atoms with Crippen LogP contribution in [-0.4, -0.2) is 45.8 Å². The molecular formula is C23H26N4O2. The van der Waals surface area contributed by atoms with Gasteiger partial charge < -0.3 is 9.32 Å². The maximum atomic E-state index is 13.2. The van der Waals surface area contributed by atoms with E-state index >= 15 is 0 Å². The van der Waals surface area contributed by atoms with E-state index < -0.39 is 0 Å². The molecule has 0 bridgehead atoms. The van der Waals surface area contributed by atoms with Crippen LogP contribution in [0.2, 0.25) is 0 Å². The molecule has 6 nitrogen and oxygen atoms in total. The largest absolute Gasteiger partial charge is 0.450 e. The van der Waals surface area contributed by atoms with Crippen molar-refractivity contribution in [2.24, 2.45) is 0 Å². The molecule has 3 aromatic rings. The number of furan rings is 1. The second kappa shape index (κ2) is 6.95. The van der Waals surface area contributed by atoms with Crippen molar-refractivity contribution in [2.75, 3.05) is 20.1 Å². The van der Waals surface area contributed by atoms with Gasteiger partial charge in [-0.15, -0.1) is 0 Å². The molecule has 0 N–H and O–H groups in total. The maximum Gasteiger partial charge on any atom is 0.290 e. The van der Waals surface area contributed by atoms with Gasteiger partial charge in [0.15, 0.2) is 5.76 Å². The number of hydrogen-bond donors (Lipinski definition) is 0. The molecule has 29 heavy (non-hydrogen) atoms. The summed E-state index contributed by atoms with van der Waals surface area (Å²) in [5.74, 6) is 1.32. The van der Waals surface area contributed by atoms with E-state index in [1.807, 2.05) is 43.1 Å². The van der Waals surface area contributed by atoms with Crippen LogP contribution in [0.1, 0.15) is 57.6 Å². The van der Waals surface area contributed by atoms with E-state index in [9.17, 15) is 4.79 Å². The number of benzene rings is 1. The number of carbonyl (C=O) groups excluding carboxylic acids is 1. The van der Waals surface area contributed by atoms with Gasteiger partial charge in [0.05, 0.1) is 11.7 Å². The molecule has 1 amide bonds. The number of aromatic nitrogens is 2. The molecule has 150 valence electrons. The highest BCUT2D eigenvalue weighted by Gasteiger charge is 2.30. The van der Waals surface area contributed by atoms with Crippen LogP contribution in [-0.2, 0) is 13.0 Å². The summed E-state index contributed by atoms with van der Waals surface area (Å²) in [7, 11) is 2.14. The van der Waals surface area contributed by atoms with Crippen molar-refractivity contribution < 1.29 is 9.21 Å². The van der Waals surface area contributed by atoms with Gasteiger partial charge in [-0.1, -0.05) is 18.2 Å². The van der Waals surface area contributed by atoms with Crippen molar-refractivity contribution >= 4 is 16.9 Å². The van der Waals surface area contributed by atoms with Crippen molar-refractivity contribution in [3.63, 3.8) is 0 Å². The number of fused-ring (bicyclic) bond motifs is 2. The fourth-order valence-corrected chi connectivity index (χ4v) is 4.63. The van der Waals surface area contributed by atoms with Gasteiger partial charge >= 0.3 is 0 Å². The Balaban J connectivity index is 1.40. The molecular weight excluding hydrogens is 364 g/mol. The van der Waals surface area contributed by atoms with E-state index in [2.05, 4.69) is 16.9 Å². The Hall–Kier alpha value is -2.73. The maximum absolute atomic E-state index is 13.2. The minimum absolute atomic E-state index is 0.0525. The highest BCUT2D eigenvalue weighted by molar-refractivity contribution is 5.99. The first-order valence-corrected chi connectivity index (χ1v) is 10.4. The summed E-state index contributed by atoms with van der Waals surface area (Å²) in [5, 5.41) is 1.01. The van der Waals surface area contributed by atoms with Gasteiger partial charge in [0, 0.05) is 42.2 Å². The van der Waals surface area contributed by atoms with Crippen LogP contribution in [0.25, 0.3) is 11.0 Å². The summed E-state index contributed by atoms with van der Waals surface area (Å²) in [4.78, 5) is 26.9. The van der Waals surface area contributed by atoms with Crippen LogP contribution in [0.4, 0.5) is 0 Å². The average Bonchev–Trinajstić information content (AvgIpc) is 3.31. The Kier molecular flexibility index (Phi) is 4.39. The van der Waals surface area contributed by atoms with Gasteiger partial charge in [0.2, 0.25) is 0 Å². The van der Waals surface area contributed by atoms with Crippen molar-refractivity contribution in [3.8, 4) is 0 Å². The molecule has 1 aromatic carbocycles. The SMILES string of the molecule is Cc1c(C(=O)N2CCc3nc([C@H]4CCCN4C)ncc3C2)oc2c(C)cccc12. The number of aryl methyl sites for hydroxylation is 2. The Bertz CT molecular complexity index is 1100. The molecule has 0 spiro atoms. The van der Waals surface area contributed by atoms with Gasteiger partial charge in [0.25, 0.3) is 5.91 Å². The molecule has 5 rings (SSSR count). The summed E-state index contributed by atoms with van der Waals surface area (Å²) in [6, 6.07) is 6.34. The van der Waals surface area contributed by atoms with Crippen molar-refractivity contribution in [1.29, 1.82) is 0 Å². The second-order valence-corrected chi connectivity index (χ2v) is 8.32. The fraction of sp³-hybridized carbons (Fsp3) is 0.435. The van der Waals surface area contributed by atoms with Crippen molar-refractivity contribution in [1.82, 2.24) is 19.8 Å². The summed E-state index contributed by atoms with van der Waals surface area (Å²) < 4.78 is 6.00. The van der Waals surface area contributed by atoms with Gasteiger partial charge in [-0.25, -0.2) is 9.97 Å². The minimum atomic E-state index is -0.0525. The predicted octanol–water partition coefficient (Wildman–Crippen LogP) is 3.80. The van der Waals surface area contributed by atoms with E-state index in [-0.39, 0.29) is 5.91 Å². The molecule has 4 heterocycles. The normalized spacial score (nSPS) is 19.7. The number of amides is 1. The first-order valence-electron chi connectivity index (χ1n) is 10.4. The average molecular weight is 390 g/mol. The molecule has 0 aliphatic carbocycles. The topological polar surface area (TPSA) is 62.5 Å². The zero-order valence-corrected chi connectivity index (χ0v) is 17.2. The Morgan fingerprint density at radius 3 is 2.86 bits per heavy atom. The lowest BCUT2D eigenvalue weighted by Gasteiger charge is -2.28. The highest BCUT2D eigenvalue weighted by atomic mass is 16.3. The monoisotopic (exact) mass is 390 g/mol. The van der Waals surface area contributed by atoms with E-state index in [0.717, 1.165) is 58.6 Å². The van der Waals surface area contributed by atoms with Crippen LogP contribution in [0.3, 0.4) is 0 Å². The summed E-state index contributed by atoms with van der Waals surface area (Å²) in [5.41, 5.74) is 4.89. The quantitative estimate of drug-likeness (QED) is 0.666. The molecule has 1 fully saturated rings. The summed E-state index contributed by atoms with van der Waals surface area (Å²) >= 11 is 0. The standard InChI is InChI=1S/C23H26N4O2/c1-14-6-4-7-17-15(2)21(29-20(14)17)23(28)27-11-9-18-16(13-27)12-24-22(25-18)19-8-5-10-26(19)3/h4,6-7,12,19H,5,8-11,13H2,1-3H3/t19-/m1/s1. The van der Waals surface area contributed by atoms with Crippen LogP contribution in [0.15, 0.2) is 28.8 Å². The van der Waals surface area contributed by atoms with E-state index in [0.29, 0.717) is 24.9 Å². The minimum Gasteiger partial charge on any atom is -0.450 e. The van der Waals surface area contributed by atoms with Crippen LogP contribution in [0.5, 0.6) is 0 Å². The van der Waals surface area contributed by atoms with Crippen LogP contribution >= 0.6 is 0 Å². The number of para-hydroxylation sites is 1. The third-order valence-corrected chi connectivity index (χ3v) is 6.41. The van der Waals surface area contributed by atoms with Gasteiger partial charge in [-0.05, 0) is 45.8 Å². The zero-order valence-electron chi connectivity index (χ0n) is 17.2. The van der Waals surface area contributed by atoms with E-state index in [1.165, 1.54) is 6.42 Å². The van der Waals surface area contributed by atoms with Crippen molar-refractivity contribution in [2.45, 2.75) is 45.7 Å². The molecule has 2 aliphatic rings. The number of carbonyl (C=O) groups is 1. The summed E-state index contributed by atoms with van der Waals surface area (Å²) in [6.45, 7) is 6.25. The molecule has 2 aliphatic heterocycles. The van der Waals surface area contributed by atoms with Gasteiger partial charge in [-0.2, -0.15) is 0 Å². The molecule has 1 saturated heterocycles. The zero-order chi connectivity index (χ0) is 20.1. The lowest BCUT2D eigenvalue weighted by atomic mass is 10.1. The Morgan fingerprint density at radius 1 is 1.24 bits per heavy atom. The molecule has 1 atom stereocenters. The van der Waals surface area contributed by atoms with Gasteiger partial charge in [0.1, 0.15) is 11.4 Å². The Morgan fingerprint density at radius 2 is 2.10 bits per heavy atom. The van der Waals surface area contributed by atoms with Gasteiger partial charge in [-0.3, -0.25) is 9.69 Å². The molecule has 0 saturated carbocycles. The lowest BCUT2D eigenvalue weighted by Crippen LogP contribution is -2.37. The first-order chi connectivity index (χ1) is 14.0. The molecule has 2 aromatic heterocycles. The smallest absolute Gasteiger partial charge is 0.290 e. The van der Waals surface area contributed by atoms with Crippen LogP contribution < -0.4 is 0 Å². The van der Waals surface area contributed by atoms with Crippen molar-refractivity contribution in [3.05, 3.63) is 58.4 Å². The van der Waals surface area contributed by atoms with E-state index in [4.69, 9.17) is 9.40 Å². The molecule has 0 unspecified atom stereocenters. The third-order valence-electron chi connectivity index (χ3n) is 6.41. The number of likely N-dealkylation sites (tertiary alicyclic amines) is 1. The summed E-state index contributed by atoms with van der Waals surface area (Å²) in [6.07, 6.45) is 4.98. The number of hydrogen-bond acceptors (Lipinski definition) is 5. The highest BCUT2D eigenvalue weighted by Crippen LogP contribution is 2.31. The fourth-order valence-electron chi connectivity index (χ4n) is 4.63. The number of nitrogens with zero attached hydrogens (tertiary/aromatic N) is 4. The van der Waals surface area contributed by atoms with E-state index in [1.54, 1.807) is 0 Å². The third kappa shape index (κ3) is 3.02. The van der Waals surface area contributed by atoms with Crippen LogP contribution in [0, 0.1) is 13.8 Å². The number of rotatable bonds is 2. The molecule has 6 heteroatoms. The lowest BCUT2D eigenvalue weighted by molar-refractivity contribution is 0.0702.